The summed E-state index contributed by atoms with van der Waals surface area (Å²) in [7, 11) is 1.38. The molecule has 1 N–H and O–H groups in total. The van der Waals surface area contributed by atoms with Crippen molar-refractivity contribution in [1.29, 1.82) is 0 Å². The van der Waals surface area contributed by atoms with E-state index in [9.17, 15) is 9.59 Å². The van der Waals surface area contributed by atoms with Crippen LogP contribution >= 0.6 is 11.6 Å². The van der Waals surface area contributed by atoms with E-state index in [-0.39, 0.29) is 24.0 Å². The average Bonchev–Trinajstić information content (AvgIpc) is 2.79. The largest absolute Gasteiger partial charge is 0.468 e. The predicted molar refractivity (Wildman–Crippen MR) is 79.9 cm³/mol. The van der Waals surface area contributed by atoms with Crippen LogP contribution in [0.3, 0.4) is 0 Å². The molecule has 0 aliphatic carbocycles. The molecule has 1 aromatic carbocycles. The number of halogens is 1. The molecule has 1 aliphatic rings. The Morgan fingerprint density at radius 3 is 2.86 bits per heavy atom. The maximum atomic E-state index is 11.9. The molecule has 0 saturated carbocycles. The molecule has 1 heterocycles. The number of hydrogen-bond donors (Lipinski definition) is 1. The molecule has 0 spiro atoms. The first-order chi connectivity index (χ1) is 9.99. The van der Waals surface area contributed by atoms with Gasteiger partial charge in [0.05, 0.1) is 7.11 Å². The van der Waals surface area contributed by atoms with Gasteiger partial charge >= 0.3 is 5.97 Å². The molecule has 0 unspecified atom stereocenters. The number of nitrogens with one attached hydrogen (secondary N) is 1. The van der Waals surface area contributed by atoms with E-state index in [0.29, 0.717) is 24.5 Å². The molecule has 114 valence electrons. The number of benzene rings is 1. The first-order valence-electron chi connectivity index (χ1n) is 6.83. The minimum atomic E-state index is -0.342. The van der Waals surface area contributed by atoms with Crippen LogP contribution < -0.4 is 5.32 Å². The lowest BCUT2D eigenvalue weighted by molar-refractivity contribution is -0.146. The highest BCUT2D eigenvalue weighted by Crippen LogP contribution is 2.22. The number of ether oxygens (including phenoxy) is 1. The third-order valence-corrected chi connectivity index (χ3v) is 3.79. The first-order valence-corrected chi connectivity index (χ1v) is 7.21. The van der Waals surface area contributed by atoms with Crippen LogP contribution in [0.5, 0.6) is 0 Å². The van der Waals surface area contributed by atoms with E-state index in [1.165, 1.54) is 14.0 Å². The lowest BCUT2D eigenvalue weighted by Gasteiger charge is -2.22. The highest BCUT2D eigenvalue weighted by molar-refractivity contribution is 6.30. The van der Waals surface area contributed by atoms with Gasteiger partial charge in [-0.1, -0.05) is 23.7 Å². The third kappa shape index (κ3) is 4.19. The second-order valence-electron chi connectivity index (χ2n) is 5.23. The summed E-state index contributed by atoms with van der Waals surface area (Å²) in [5, 5.41) is 3.53. The Hall–Kier alpha value is -1.59. The number of likely N-dealkylation sites (tertiary alicyclic amines) is 1. The van der Waals surface area contributed by atoms with Crippen LogP contribution in [0.1, 0.15) is 18.9 Å². The standard InChI is InChI=1S/C15H19ClN2O3/c1-10(19)17-13-7-14(15(20)21-2)18(9-13)8-11-4-3-5-12(16)6-11/h3-6,13-14H,7-9H2,1-2H3,(H,17,19)/t13-,14-/m0/s1. The van der Waals surface area contributed by atoms with Crippen LogP contribution in [0.4, 0.5) is 0 Å². The van der Waals surface area contributed by atoms with Gasteiger partial charge in [-0.05, 0) is 24.1 Å². The van der Waals surface area contributed by atoms with E-state index in [1.54, 1.807) is 0 Å². The Kier molecular flexibility index (Phi) is 5.20. The summed E-state index contributed by atoms with van der Waals surface area (Å²) in [5.74, 6) is -0.363. The second-order valence-corrected chi connectivity index (χ2v) is 5.67. The van der Waals surface area contributed by atoms with E-state index in [4.69, 9.17) is 16.3 Å². The fourth-order valence-electron chi connectivity index (χ4n) is 2.72. The fraction of sp³-hybridized carbons (Fsp3) is 0.467. The van der Waals surface area contributed by atoms with E-state index < -0.39 is 0 Å². The van der Waals surface area contributed by atoms with Crippen LogP contribution in [0.15, 0.2) is 24.3 Å². The number of rotatable bonds is 4. The van der Waals surface area contributed by atoms with Crippen LogP contribution in [0.25, 0.3) is 0 Å². The van der Waals surface area contributed by atoms with Crippen molar-refractivity contribution in [3.63, 3.8) is 0 Å². The summed E-state index contributed by atoms with van der Waals surface area (Å²) in [5.41, 5.74) is 1.03. The lowest BCUT2D eigenvalue weighted by atomic mass is 10.1. The number of hydrogen-bond acceptors (Lipinski definition) is 4. The SMILES string of the molecule is COC(=O)[C@@H]1C[C@H](NC(C)=O)CN1Cc1cccc(Cl)c1. The van der Waals surface area contributed by atoms with E-state index in [1.807, 2.05) is 29.2 Å². The van der Waals surface area contributed by atoms with Gasteiger partial charge in [-0.2, -0.15) is 0 Å². The molecular formula is C15H19ClN2O3. The highest BCUT2D eigenvalue weighted by atomic mass is 35.5. The van der Waals surface area contributed by atoms with Crippen molar-refractivity contribution in [3.05, 3.63) is 34.9 Å². The zero-order chi connectivity index (χ0) is 15.4. The number of carbonyl (C=O) groups is 2. The Labute approximate surface area is 129 Å². The Bertz CT molecular complexity index is 535. The molecule has 5 nitrogen and oxygen atoms in total. The summed E-state index contributed by atoms with van der Waals surface area (Å²) in [6.07, 6.45) is 0.562. The minimum Gasteiger partial charge on any atom is -0.468 e. The minimum absolute atomic E-state index is 0.0363. The Morgan fingerprint density at radius 2 is 2.24 bits per heavy atom. The molecule has 0 radical (unpaired) electrons. The zero-order valence-corrected chi connectivity index (χ0v) is 12.9. The van der Waals surface area contributed by atoms with Gasteiger partial charge in [-0.25, -0.2) is 0 Å². The van der Waals surface area contributed by atoms with Crippen molar-refractivity contribution in [1.82, 2.24) is 10.2 Å². The molecule has 2 rings (SSSR count). The molecule has 6 heteroatoms. The highest BCUT2D eigenvalue weighted by Gasteiger charge is 2.37. The molecule has 1 amide bonds. The molecule has 0 bridgehead atoms. The van der Waals surface area contributed by atoms with Crippen LogP contribution in [-0.2, 0) is 20.9 Å². The third-order valence-electron chi connectivity index (χ3n) is 3.56. The molecule has 21 heavy (non-hydrogen) atoms. The van der Waals surface area contributed by atoms with Gasteiger partial charge in [0, 0.05) is 31.1 Å². The van der Waals surface area contributed by atoms with Crippen LogP contribution in [0, 0.1) is 0 Å². The molecule has 2 atom stereocenters. The normalized spacial score (nSPS) is 22.0. The van der Waals surface area contributed by atoms with Crippen molar-refractivity contribution < 1.29 is 14.3 Å². The summed E-state index contributed by atoms with van der Waals surface area (Å²) >= 11 is 5.99. The van der Waals surface area contributed by atoms with E-state index in [0.717, 1.165) is 5.56 Å². The number of esters is 1. The molecule has 1 fully saturated rings. The Morgan fingerprint density at radius 1 is 1.48 bits per heavy atom. The van der Waals surface area contributed by atoms with Crippen molar-refractivity contribution >= 4 is 23.5 Å². The summed E-state index contributed by atoms with van der Waals surface area (Å²) in [6.45, 7) is 2.69. The maximum absolute atomic E-state index is 11.9. The summed E-state index contributed by atoms with van der Waals surface area (Å²) < 4.78 is 4.86. The molecule has 1 saturated heterocycles. The van der Waals surface area contributed by atoms with Gasteiger partial charge in [0.15, 0.2) is 0 Å². The fourth-order valence-corrected chi connectivity index (χ4v) is 2.93. The van der Waals surface area contributed by atoms with Gasteiger partial charge in [0.1, 0.15) is 6.04 Å². The molecule has 1 aliphatic heterocycles. The summed E-state index contributed by atoms with van der Waals surface area (Å²) in [4.78, 5) is 25.1. The van der Waals surface area contributed by atoms with Crippen molar-refractivity contribution in [3.8, 4) is 0 Å². The lowest BCUT2D eigenvalue weighted by Crippen LogP contribution is -2.37. The van der Waals surface area contributed by atoms with E-state index >= 15 is 0 Å². The molecule has 0 aromatic heterocycles. The molecular weight excluding hydrogens is 292 g/mol. The number of amides is 1. The Balaban J connectivity index is 2.10. The maximum Gasteiger partial charge on any atom is 0.323 e. The second kappa shape index (κ2) is 6.91. The number of carbonyl (C=O) groups excluding carboxylic acids is 2. The average molecular weight is 311 g/mol. The summed E-state index contributed by atoms with van der Waals surface area (Å²) in [6, 6.07) is 7.16. The monoisotopic (exact) mass is 310 g/mol. The van der Waals surface area contributed by atoms with Crippen LogP contribution in [-0.4, -0.2) is 42.5 Å². The number of methoxy groups -OCH3 is 1. The topological polar surface area (TPSA) is 58.6 Å². The van der Waals surface area contributed by atoms with Gasteiger partial charge in [0.25, 0.3) is 0 Å². The smallest absolute Gasteiger partial charge is 0.323 e. The zero-order valence-electron chi connectivity index (χ0n) is 12.1. The van der Waals surface area contributed by atoms with Gasteiger partial charge in [0.2, 0.25) is 5.91 Å². The van der Waals surface area contributed by atoms with Crippen molar-refractivity contribution in [2.45, 2.75) is 32.0 Å². The first kappa shape index (κ1) is 15.8. The van der Waals surface area contributed by atoms with Crippen molar-refractivity contribution in [2.24, 2.45) is 0 Å². The number of nitrogens with zero attached hydrogens (tertiary/aromatic N) is 1. The molecule has 1 aromatic rings. The van der Waals surface area contributed by atoms with Crippen molar-refractivity contribution in [2.75, 3.05) is 13.7 Å². The van der Waals surface area contributed by atoms with Gasteiger partial charge < -0.3 is 10.1 Å². The van der Waals surface area contributed by atoms with Gasteiger partial charge in [-0.3, -0.25) is 14.5 Å². The van der Waals surface area contributed by atoms with E-state index in [2.05, 4.69) is 5.32 Å². The van der Waals surface area contributed by atoms with Crippen LogP contribution in [0.2, 0.25) is 5.02 Å². The van der Waals surface area contributed by atoms with Gasteiger partial charge in [-0.15, -0.1) is 0 Å². The predicted octanol–water partition coefficient (Wildman–Crippen LogP) is 1.59. The quantitative estimate of drug-likeness (QED) is 0.858.